The van der Waals surface area contributed by atoms with Crippen LogP contribution in [0, 0.1) is 13.5 Å². The lowest BCUT2D eigenvalue weighted by Gasteiger charge is -2.25. The van der Waals surface area contributed by atoms with Crippen molar-refractivity contribution < 1.29 is 1.43 Å². The van der Waals surface area contributed by atoms with Gasteiger partial charge in [0.2, 0.25) is 0 Å². The predicted octanol–water partition coefficient (Wildman–Crippen LogP) is 3.66. The number of fused-ring (bicyclic) bond motifs is 2. The molecule has 1 aliphatic heterocycles. The number of rotatable bonds is 4. The lowest BCUT2D eigenvalue weighted by molar-refractivity contribution is 0.334. The van der Waals surface area contributed by atoms with E-state index in [4.69, 9.17) is 11.6 Å². The zero-order chi connectivity index (χ0) is 21.4. The molecule has 0 unspecified atom stereocenters. The first-order valence-corrected chi connectivity index (χ1v) is 10.3. The van der Waals surface area contributed by atoms with Crippen molar-refractivity contribution in [3.63, 3.8) is 0 Å². The fourth-order valence-corrected chi connectivity index (χ4v) is 4.03. The molecule has 0 aromatic carbocycles. The van der Waals surface area contributed by atoms with Gasteiger partial charge in [0.15, 0.2) is 0 Å². The molecule has 0 atom stereocenters. The normalized spacial score (nSPS) is 14.5. The largest absolute Gasteiger partial charge is 0.306 e. The molecule has 4 aromatic rings. The molecule has 1 aliphatic rings. The standard InChI is InChI=1S/C25H22N5O.H/c1-3-4-11-28-12-9-19(10-13-28)20-5-8-24-27-22(14-25(31)30(24)17-20)21-6-7-23-26-18(2)15-29(23)16-21;/h1,4-9,14-17H,10-13H2,2H3;. The summed E-state index contributed by atoms with van der Waals surface area (Å²) in [6, 6.07) is 9.44. The summed E-state index contributed by atoms with van der Waals surface area (Å²) in [4.78, 5) is 24.4. The van der Waals surface area contributed by atoms with Crippen LogP contribution in [-0.2, 0) is 0 Å². The van der Waals surface area contributed by atoms with E-state index < -0.39 is 0 Å². The van der Waals surface area contributed by atoms with Crippen LogP contribution in [0.4, 0.5) is 0 Å². The Hall–Kier alpha value is -3.73. The van der Waals surface area contributed by atoms with Crippen LogP contribution >= 0.6 is 0 Å². The maximum absolute atomic E-state index is 12.9. The highest BCUT2D eigenvalue weighted by molar-refractivity contribution is 5.68. The van der Waals surface area contributed by atoms with Gasteiger partial charge in [-0.25, -0.2) is 9.97 Å². The van der Waals surface area contributed by atoms with Gasteiger partial charge in [0.05, 0.1) is 11.4 Å². The van der Waals surface area contributed by atoms with Crippen LogP contribution < -0.4 is 5.56 Å². The molecular weight excluding hydrogens is 386 g/mol. The van der Waals surface area contributed by atoms with Crippen molar-refractivity contribution in [3.05, 3.63) is 95.0 Å². The van der Waals surface area contributed by atoms with E-state index in [1.165, 1.54) is 5.57 Å². The maximum Gasteiger partial charge on any atom is 0.258 e. The van der Waals surface area contributed by atoms with Crippen molar-refractivity contribution in [2.45, 2.75) is 13.3 Å². The second-order valence-corrected chi connectivity index (χ2v) is 7.80. The van der Waals surface area contributed by atoms with E-state index in [0.29, 0.717) is 11.3 Å². The summed E-state index contributed by atoms with van der Waals surface area (Å²) in [6.45, 7) is 9.88. The molecule has 0 saturated carbocycles. The monoisotopic (exact) mass is 409 g/mol. The van der Waals surface area contributed by atoms with E-state index in [-0.39, 0.29) is 6.99 Å². The van der Waals surface area contributed by atoms with Crippen molar-refractivity contribution in [1.82, 2.24) is 23.7 Å². The van der Waals surface area contributed by atoms with Gasteiger partial charge < -0.3 is 4.40 Å². The smallest absolute Gasteiger partial charge is 0.258 e. The minimum absolute atomic E-state index is 0. The molecule has 0 fully saturated rings. The van der Waals surface area contributed by atoms with Gasteiger partial charge in [0.1, 0.15) is 11.3 Å². The number of pyridine rings is 2. The van der Waals surface area contributed by atoms with Crippen LogP contribution in [0.5, 0.6) is 0 Å². The molecule has 4 aromatic heterocycles. The Balaban J connectivity index is 0.00000245. The molecular formula is C25H23N5O. The fraction of sp³-hybridized carbons (Fsp3) is 0.200. The topological polar surface area (TPSA) is 54.9 Å². The van der Waals surface area contributed by atoms with E-state index in [2.05, 4.69) is 21.7 Å². The molecule has 31 heavy (non-hydrogen) atoms. The molecule has 0 saturated heterocycles. The van der Waals surface area contributed by atoms with Crippen molar-refractivity contribution in [1.29, 1.82) is 0 Å². The maximum atomic E-state index is 12.9. The first-order chi connectivity index (χ1) is 15.1. The SMILES string of the molecule is [CH]=C=CCN1CC=C(c2ccc3nc(-c4ccc5nc(C)cn5c4)cc(=O)n3c2)CC1.[H]. The second kappa shape index (κ2) is 7.84. The third-order valence-electron chi connectivity index (χ3n) is 5.66. The molecule has 0 spiro atoms. The summed E-state index contributed by atoms with van der Waals surface area (Å²) in [5.74, 6) is 0. The fourth-order valence-electron chi connectivity index (χ4n) is 4.03. The van der Waals surface area contributed by atoms with Gasteiger partial charge >= 0.3 is 0 Å². The zero-order valence-electron chi connectivity index (χ0n) is 18.3. The van der Waals surface area contributed by atoms with E-state index in [9.17, 15) is 4.79 Å². The van der Waals surface area contributed by atoms with E-state index >= 15 is 0 Å². The molecule has 0 N–H and O–H groups in total. The third kappa shape index (κ3) is 3.75. The Morgan fingerprint density at radius 3 is 2.77 bits per heavy atom. The lowest BCUT2D eigenvalue weighted by atomic mass is 10.0. The predicted molar refractivity (Wildman–Crippen MR) is 123 cm³/mol. The van der Waals surface area contributed by atoms with Crippen molar-refractivity contribution in [2.75, 3.05) is 19.6 Å². The third-order valence-corrected chi connectivity index (χ3v) is 5.66. The second-order valence-electron chi connectivity index (χ2n) is 7.80. The van der Waals surface area contributed by atoms with E-state index in [1.807, 2.05) is 60.3 Å². The van der Waals surface area contributed by atoms with Crippen LogP contribution in [0.2, 0.25) is 0 Å². The first-order valence-electron chi connectivity index (χ1n) is 10.3. The van der Waals surface area contributed by atoms with Gasteiger partial charge in [-0.3, -0.25) is 14.1 Å². The zero-order valence-corrected chi connectivity index (χ0v) is 17.3. The minimum atomic E-state index is -0.0922. The summed E-state index contributed by atoms with van der Waals surface area (Å²) in [5.41, 5.74) is 8.78. The molecule has 0 bridgehead atoms. The van der Waals surface area contributed by atoms with Gasteiger partial charge in [0, 0.05) is 51.3 Å². The van der Waals surface area contributed by atoms with Crippen LogP contribution in [0.1, 0.15) is 19.1 Å². The van der Waals surface area contributed by atoms with Crippen LogP contribution in [0.25, 0.3) is 28.1 Å². The Labute approximate surface area is 181 Å². The highest BCUT2D eigenvalue weighted by atomic mass is 16.1. The first kappa shape index (κ1) is 19.2. The molecule has 5 rings (SSSR count). The van der Waals surface area contributed by atoms with E-state index in [0.717, 1.165) is 48.5 Å². The Kier molecular flexibility index (Phi) is 4.86. The summed E-state index contributed by atoms with van der Waals surface area (Å²) in [7, 11) is 0. The summed E-state index contributed by atoms with van der Waals surface area (Å²) in [5, 5.41) is 0. The Morgan fingerprint density at radius 1 is 1.13 bits per heavy atom. The van der Waals surface area contributed by atoms with Crippen molar-refractivity contribution >= 4 is 16.9 Å². The van der Waals surface area contributed by atoms with Crippen LogP contribution in [0.3, 0.4) is 0 Å². The summed E-state index contributed by atoms with van der Waals surface area (Å²) < 4.78 is 3.58. The van der Waals surface area contributed by atoms with Gasteiger partial charge in [-0.2, -0.15) is 0 Å². The molecule has 0 aliphatic carbocycles. The summed E-state index contributed by atoms with van der Waals surface area (Å²) in [6.07, 6.45) is 10.8. The van der Waals surface area contributed by atoms with Crippen LogP contribution in [-0.4, -0.2) is 43.3 Å². The van der Waals surface area contributed by atoms with Crippen molar-refractivity contribution in [3.8, 4) is 11.3 Å². The highest BCUT2D eigenvalue weighted by Gasteiger charge is 2.13. The number of aromatic nitrogens is 4. The highest BCUT2D eigenvalue weighted by Crippen LogP contribution is 2.23. The van der Waals surface area contributed by atoms with Gasteiger partial charge in [-0.05, 0) is 61.4 Å². The van der Waals surface area contributed by atoms with E-state index in [1.54, 1.807) is 10.5 Å². The quantitative estimate of drug-likeness (QED) is 0.483. The van der Waals surface area contributed by atoms with Gasteiger partial charge in [-0.1, -0.05) is 6.08 Å². The molecule has 5 heterocycles. The Bertz CT molecular complexity index is 1440. The van der Waals surface area contributed by atoms with Gasteiger partial charge in [-0.15, -0.1) is 5.73 Å². The average molecular weight is 409 g/mol. The number of nitrogens with zero attached hydrogens (tertiary/aromatic N) is 5. The van der Waals surface area contributed by atoms with Crippen LogP contribution in [0.15, 0.2) is 71.6 Å². The van der Waals surface area contributed by atoms with Gasteiger partial charge in [0.25, 0.3) is 5.56 Å². The summed E-state index contributed by atoms with van der Waals surface area (Å²) >= 11 is 0. The minimum Gasteiger partial charge on any atom is -0.306 e. The average Bonchev–Trinajstić information content (AvgIpc) is 3.17. The molecule has 6 heteroatoms. The number of imidazole rings is 1. The molecule has 154 valence electrons. The van der Waals surface area contributed by atoms with Crippen molar-refractivity contribution in [2.24, 2.45) is 0 Å². The molecule has 6 nitrogen and oxygen atoms in total. The number of hydrogen-bond acceptors (Lipinski definition) is 4. The number of aryl methyl sites for hydroxylation is 1. The lowest BCUT2D eigenvalue weighted by Crippen LogP contribution is -2.28. The Morgan fingerprint density at radius 2 is 1.97 bits per heavy atom. The molecule has 0 amide bonds. The number of hydrogen-bond donors (Lipinski definition) is 0. The molecule has 2 radical (unpaired) electrons.